The highest BCUT2D eigenvalue weighted by Crippen LogP contribution is 2.20. The van der Waals surface area contributed by atoms with Crippen molar-refractivity contribution < 1.29 is 4.79 Å². The summed E-state index contributed by atoms with van der Waals surface area (Å²) < 4.78 is 0. The SMILES string of the molecule is Cc1cccc2cc(C(=O)Nc3ccc4nc[nH]c(=O)c4c3)[nH]c12. The van der Waals surface area contributed by atoms with Gasteiger partial charge in [0.05, 0.1) is 17.2 Å². The maximum Gasteiger partial charge on any atom is 0.272 e. The van der Waals surface area contributed by atoms with Crippen LogP contribution in [0.4, 0.5) is 5.69 Å². The number of H-pyrrole nitrogens is 2. The third-order valence-electron chi connectivity index (χ3n) is 4.01. The fraction of sp³-hybridized carbons (Fsp3) is 0.0556. The Kier molecular flexibility index (Phi) is 3.16. The number of aromatic amines is 2. The van der Waals surface area contributed by atoms with E-state index in [1.165, 1.54) is 6.33 Å². The van der Waals surface area contributed by atoms with Crippen LogP contribution in [-0.4, -0.2) is 20.9 Å². The second kappa shape index (κ2) is 5.34. The molecule has 0 bridgehead atoms. The van der Waals surface area contributed by atoms with Crippen molar-refractivity contribution in [3.63, 3.8) is 0 Å². The third-order valence-corrected chi connectivity index (χ3v) is 4.01. The van der Waals surface area contributed by atoms with Gasteiger partial charge in [-0.25, -0.2) is 4.98 Å². The lowest BCUT2D eigenvalue weighted by Crippen LogP contribution is -2.13. The lowest BCUT2D eigenvalue weighted by molar-refractivity contribution is 0.102. The van der Waals surface area contributed by atoms with Gasteiger partial charge in [-0.05, 0) is 36.8 Å². The standard InChI is InChI=1S/C18H14N4O2/c1-10-3-2-4-11-7-15(22-16(10)11)18(24)21-12-5-6-14-13(8-12)17(23)20-9-19-14/h2-9,22H,1H3,(H,21,24)(H,19,20,23). The third kappa shape index (κ3) is 2.34. The van der Waals surface area contributed by atoms with E-state index < -0.39 is 0 Å². The van der Waals surface area contributed by atoms with E-state index in [1.807, 2.05) is 31.2 Å². The number of hydrogen-bond donors (Lipinski definition) is 3. The van der Waals surface area contributed by atoms with E-state index in [9.17, 15) is 9.59 Å². The second-order valence-electron chi connectivity index (χ2n) is 5.64. The topological polar surface area (TPSA) is 90.6 Å². The van der Waals surface area contributed by atoms with Crippen molar-refractivity contribution in [2.24, 2.45) is 0 Å². The molecule has 4 aromatic rings. The number of nitrogens with one attached hydrogen (secondary N) is 3. The number of carbonyl (C=O) groups is 1. The molecule has 0 saturated heterocycles. The molecule has 0 aliphatic carbocycles. The highest BCUT2D eigenvalue weighted by molar-refractivity contribution is 6.06. The monoisotopic (exact) mass is 318 g/mol. The number of carbonyl (C=O) groups excluding carboxylic acids is 1. The molecule has 4 rings (SSSR count). The zero-order valence-corrected chi connectivity index (χ0v) is 12.9. The van der Waals surface area contributed by atoms with E-state index in [4.69, 9.17) is 0 Å². The summed E-state index contributed by atoms with van der Waals surface area (Å²) in [6.07, 6.45) is 1.36. The number of amides is 1. The van der Waals surface area contributed by atoms with Crippen LogP contribution in [0.3, 0.4) is 0 Å². The molecule has 0 radical (unpaired) electrons. The second-order valence-corrected chi connectivity index (χ2v) is 5.64. The molecule has 0 spiro atoms. The Labute approximate surface area is 136 Å². The maximum atomic E-state index is 12.5. The van der Waals surface area contributed by atoms with Crippen LogP contribution in [0.15, 0.2) is 53.6 Å². The quantitative estimate of drug-likeness (QED) is 0.530. The van der Waals surface area contributed by atoms with Gasteiger partial charge < -0.3 is 15.3 Å². The number of benzene rings is 2. The number of fused-ring (bicyclic) bond motifs is 2. The number of nitrogens with zero attached hydrogens (tertiary/aromatic N) is 1. The molecule has 0 unspecified atom stereocenters. The average molecular weight is 318 g/mol. The lowest BCUT2D eigenvalue weighted by Gasteiger charge is -2.04. The van der Waals surface area contributed by atoms with Gasteiger partial charge in [-0.1, -0.05) is 18.2 Å². The Bertz CT molecular complexity index is 1140. The Morgan fingerprint density at radius 2 is 2.04 bits per heavy atom. The summed E-state index contributed by atoms with van der Waals surface area (Å²) in [5.74, 6) is -0.259. The molecule has 0 fully saturated rings. The lowest BCUT2D eigenvalue weighted by atomic mass is 10.2. The molecule has 2 heterocycles. The molecule has 2 aromatic heterocycles. The highest BCUT2D eigenvalue weighted by Gasteiger charge is 2.11. The van der Waals surface area contributed by atoms with E-state index in [1.54, 1.807) is 18.2 Å². The van der Waals surface area contributed by atoms with Crippen LogP contribution in [0.25, 0.3) is 21.8 Å². The first-order valence-electron chi connectivity index (χ1n) is 7.49. The minimum absolute atomic E-state index is 0.239. The van der Waals surface area contributed by atoms with Gasteiger partial charge in [0, 0.05) is 16.6 Å². The predicted octanol–water partition coefficient (Wildman–Crippen LogP) is 2.97. The Balaban J connectivity index is 1.69. The van der Waals surface area contributed by atoms with E-state index in [0.29, 0.717) is 22.3 Å². The van der Waals surface area contributed by atoms with Crippen molar-refractivity contribution in [2.75, 3.05) is 5.32 Å². The molecular formula is C18H14N4O2. The zero-order chi connectivity index (χ0) is 16.7. The van der Waals surface area contributed by atoms with E-state index in [2.05, 4.69) is 20.3 Å². The van der Waals surface area contributed by atoms with E-state index in [0.717, 1.165) is 16.5 Å². The normalized spacial score (nSPS) is 11.0. The van der Waals surface area contributed by atoms with Crippen LogP contribution >= 0.6 is 0 Å². The molecule has 6 heteroatoms. The van der Waals surface area contributed by atoms with Gasteiger partial charge >= 0.3 is 0 Å². The first-order valence-corrected chi connectivity index (χ1v) is 7.49. The first kappa shape index (κ1) is 14.2. The summed E-state index contributed by atoms with van der Waals surface area (Å²) in [6.45, 7) is 1.99. The van der Waals surface area contributed by atoms with Crippen molar-refractivity contribution >= 4 is 33.4 Å². The summed E-state index contributed by atoms with van der Waals surface area (Å²) in [6, 6.07) is 12.8. The average Bonchev–Trinajstić information content (AvgIpc) is 3.01. The Morgan fingerprint density at radius 1 is 1.17 bits per heavy atom. The number of anilines is 1. The zero-order valence-electron chi connectivity index (χ0n) is 12.9. The van der Waals surface area contributed by atoms with Gasteiger partial charge in [0.1, 0.15) is 5.69 Å². The number of aryl methyl sites for hydroxylation is 1. The molecule has 0 saturated carbocycles. The number of rotatable bonds is 2. The summed E-state index contributed by atoms with van der Waals surface area (Å²) in [5.41, 5.74) is 3.38. The van der Waals surface area contributed by atoms with Gasteiger partial charge in [-0.15, -0.1) is 0 Å². The van der Waals surface area contributed by atoms with Crippen LogP contribution in [0.2, 0.25) is 0 Å². The molecular weight excluding hydrogens is 304 g/mol. The molecule has 6 nitrogen and oxygen atoms in total. The maximum absolute atomic E-state index is 12.5. The molecule has 2 aromatic carbocycles. The van der Waals surface area contributed by atoms with E-state index >= 15 is 0 Å². The number of para-hydroxylation sites is 1. The van der Waals surface area contributed by atoms with Gasteiger partial charge in [0.2, 0.25) is 0 Å². The number of aromatic nitrogens is 3. The molecule has 24 heavy (non-hydrogen) atoms. The van der Waals surface area contributed by atoms with Gasteiger partial charge in [-0.2, -0.15) is 0 Å². The first-order chi connectivity index (χ1) is 11.6. The van der Waals surface area contributed by atoms with Crippen LogP contribution in [-0.2, 0) is 0 Å². The molecule has 0 aliphatic rings. The minimum atomic E-state index is -0.259. The largest absolute Gasteiger partial charge is 0.350 e. The Hall–Kier alpha value is -3.41. The molecule has 0 atom stereocenters. The van der Waals surface area contributed by atoms with Crippen LogP contribution < -0.4 is 10.9 Å². The molecule has 3 N–H and O–H groups in total. The van der Waals surface area contributed by atoms with Gasteiger partial charge in [0.15, 0.2) is 0 Å². The fourth-order valence-electron chi connectivity index (χ4n) is 2.77. The van der Waals surface area contributed by atoms with Gasteiger partial charge in [-0.3, -0.25) is 9.59 Å². The fourth-order valence-corrected chi connectivity index (χ4v) is 2.77. The summed E-state index contributed by atoms with van der Waals surface area (Å²) >= 11 is 0. The molecule has 118 valence electrons. The summed E-state index contributed by atoms with van der Waals surface area (Å²) in [5, 5.41) is 4.23. The van der Waals surface area contributed by atoms with Gasteiger partial charge in [0.25, 0.3) is 11.5 Å². The van der Waals surface area contributed by atoms with Crippen molar-refractivity contribution in [2.45, 2.75) is 6.92 Å². The van der Waals surface area contributed by atoms with E-state index in [-0.39, 0.29) is 11.5 Å². The minimum Gasteiger partial charge on any atom is -0.350 e. The summed E-state index contributed by atoms with van der Waals surface area (Å²) in [7, 11) is 0. The smallest absolute Gasteiger partial charge is 0.272 e. The molecule has 0 aliphatic heterocycles. The van der Waals surface area contributed by atoms with Crippen LogP contribution in [0, 0.1) is 6.92 Å². The van der Waals surface area contributed by atoms with Crippen LogP contribution in [0.5, 0.6) is 0 Å². The number of hydrogen-bond acceptors (Lipinski definition) is 3. The Morgan fingerprint density at radius 3 is 2.88 bits per heavy atom. The summed E-state index contributed by atoms with van der Waals surface area (Å²) in [4.78, 5) is 34.0. The molecule has 1 amide bonds. The highest BCUT2D eigenvalue weighted by atomic mass is 16.2. The predicted molar refractivity (Wildman–Crippen MR) is 93.4 cm³/mol. The van der Waals surface area contributed by atoms with Crippen LogP contribution in [0.1, 0.15) is 16.1 Å². The van der Waals surface area contributed by atoms with Crippen molar-refractivity contribution in [1.29, 1.82) is 0 Å². The van der Waals surface area contributed by atoms with Crippen molar-refractivity contribution in [3.8, 4) is 0 Å². The van der Waals surface area contributed by atoms with Crippen molar-refractivity contribution in [3.05, 3.63) is 70.4 Å². The van der Waals surface area contributed by atoms with Crippen molar-refractivity contribution in [1.82, 2.24) is 15.0 Å².